The third kappa shape index (κ3) is 6.08. The molecule has 9 heteroatoms. The molecule has 0 radical (unpaired) electrons. The van der Waals surface area contributed by atoms with Gasteiger partial charge in [0.1, 0.15) is 17.1 Å². The van der Waals surface area contributed by atoms with Crippen LogP contribution in [0.3, 0.4) is 0 Å². The third-order valence-corrected chi connectivity index (χ3v) is 5.96. The molecule has 0 aliphatic heterocycles. The lowest BCUT2D eigenvalue weighted by Crippen LogP contribution is -2.22. The number of carboxylic acid groups (broad SMARTS) is 1. The number of hydrogen-bond acceptors (Lipinski definition) is 6. The van der Waals surface area contributed by atoms with Gasteiger partial charge >= 0.3 is 5.97 Å². The van der Waals surface area contributed by atoms with Gasteiger partial charge < -0.3 is 25.2 Å². The highest BCUT2D eigenvalue weighted by Crippen LogP contribution is 2.30. The number of rotatable bonds is 9. The Balaban J connectivity index is 1.60. The Hall–Kier alpha value is -3.98. The summed E-state index contributed by atoms with van der Waals surface area (Å²) in [4.78, 5) is 37.1. The number of methoxy groups -OCH3 is 2. The maximum atomic E-state index is 12.8. The maximum Gasteiger partial charge on any atom is 0.335 e. The van der Waals surface area contributed by atoms with E-state index in [2.05, 4.69) is 10.6 Å². The summed E-state index contributed by atoms with van der Waals surface area (Å²) in [6, 6.07) is 18.2. The molecular weight excluding hydrogens is 456 g/mol. The normalized spacial score (nSPS) is 11.3. The standard InChI is InChI=1S/C25H24N2O6S/c1-15(23(28)26-17-9-7-16(8-10-17)25(30)31)34-19-13-11-18(12-14-19)27-24(29)22-20(32-2)5-4-6-21(22)33-3/h4-15H,1-3H3,(H,26,28)(H,27,29)(H,30,31). The molecule has 1 atom stereocenters. The molecule has 0 aromatic heterocycles. The molecule has 2 amide bonds. The Morgan fingerprint density at radius 2 is 1.35 bits per heavy atom. The van der Waals surface area contributed by atoms with Gasteiger partial charge in [-0.05, 0) is 67.6 Å². The minimum Gasteiger partial charge on any atom is -0.496 e. The summed E-state index contributed by atoms with van der Waals surface area (Å²) in [5.74, 6) is -0.795. The van der Waals surface area contributed by atoms with E-state index < -0.39 is 11.2 Å². The minimum absolute atomic E-state index is 0.150. The summed E-state index contributed by atoms with van der Waals surface area (Å²) in [5.41, 5.74) is 1.55. The van der Waals surface area contributed by atoms with Crippen LogP contribution < -0.4 is 20.1 Å². The fraction of sp³-hybridized carbons (Fsp3) is 0.160. The first-order valence-electron chi connectivity index (χ1n) is 10.3. The topological polar surface area (TPSA) is 114 Å². The number of aromatic carboxylic acids is 1. The summed E-state index contributed by atoms with van der Waals surface area (Å²) < 4.78 is 10.6. The first kappa shape index (κ1) is 24.7. The number of thioether (sulfide) groups is 1. The van der Waals surface area contributed by atoms with Gasteiger partial charge in [0.15, 0.2) is 0 Å². The first-order valence-corrected chi connectivity index (χ1v) is 11.1. The van der Waals surface area contributed by atoms with Crippen molar-refractivity contribution in [3.63, 3.8) is 0 Å². The fourth-order valence-corrected chi connectivity index (χ4v) is 3.95. The van der Waals surface area contributed by atoms with Crippen molar-refractivity contribution < 1.29 is 29.0 Å². The van der Waals surface area contributed by atoms with Gasteiger partial charge in [-0.25, -0.2) is 4.79 Å². The van der Waals surface area contributed by atoms with E-state index in [4.69, 9.17) is 14.6 Å². The molecule has 3 N–H and O–H groups in total. The van der Waals surface area contributed by atoms with Crippen LogP contribution in [0, 0.1) is 0 Å². The highest BCUT2D eigenvalue weighted by atomic mass is 32.2. The molecule has 0 saturated carbocycles. The highest BCUT2D eigenvalue weighted by Gasteiger charge is 2.19. The lowest BCUT2D eigenvalue weighted by Gasteiger charge is -2.14. The van der Waals surface area contributed by atoms with Crippen molar-refractivity contribution in [2.75, 3.05) is 24.9 Å². The van der Waals surface area contributed by atoms with E-state index in [1.54, 1.807) is 49.4 Å². The van der Waals surface area contributed by atoms with E-state index in [0.29, 0.717) is 28.4 Å². The van der Waals surface area contributed by atoms with Crippen LogP contribution in [0.2, 0.25) is 0 Å². The smallest absolute Gasteiger partial charge is 0.335 e. The number of carboxylic acids is 1. The van der Waals surface area contributed by atoms with E-state index in [1.165, 1.54) is 38.1 Å². The van der Waals surface area contributed by atoms with E-state index in [1.807, 2.05) is 12.1 Å². The van der Waals surface area contributed by atoms with Crippen LogP contribution in [-0.4, -0.2) is 42.4 Å². The number of amides is 2. The van der Waals surface area contributed by atoms with Crippen LogP contribution >= 0.6 is 11.8 Å². The molecule has 1 unspecified atom stereocenters. The molecule has 0 fully saturated rings. The zero-order valence-electron chi connectivity index (χ0n) is 18.8. The lowest BCUT2D eigenvalue weighted by atomic mass is 10.1. The molecule has 3 aromatic carbocycles. The molecule has 176 valence electrons. The Kier molecular flexibility index (Phi) is 8.15. The number of carbonyl (C=O) groups is 3. The largest absolute Gasteiger partial charge is 0.496 e. The summed E-state index contributed by atoms with van der Waals surface area (Å²) in [7, 11) is 2.97. The SMILES string of the molecule is COc1cccc(OC)c1C(=O)Nc1ccc(SC(C)C(=O)Nc2ccc(C(=O)O)cc2)cc1. The van der Waals surface area contributed by atoms with Crippen LogP contribution in [0.4, 0.5) is 11.4 Å². The van der Waals surface area contributed by atoms with Crippen molar-refractivity contribution in [2.45, 2.75) is 17.1 Å². The van der Waals surface area contributed by atoms with Gasteiger partial charge in [0.2, 0.25) is 5.91 Å². The quantitative estimate of drug-likeness (QED) is 0.378. The van der Waals surface area contributed by atoms with E-state index in [0.717, 1.165) is 4.90 Å². The first-order chi connectivity index (χ1) is 16.3. The monoisotopic (exact) mass is 480 g/mol. The van der Waals surface area contributed by atoms with Gasteiger partial charge in [0, 0.05) is 16.3 Å². The molecule has 0 saturated heterocycles. The van der Waals surface area contributed by atoms with Crippen molar-refractivity contribution >= 4 is 40.9 Å². The zero-order valence-corrected chi connectivity index (χ0v) is 19.6. The van der Waals surface area contributed by atoms with Gasteiger partial charge in [-0.3, -0.25) is 9.59 Å². The molecule has 0 aliphatic rings. The Labute approximate surface area is 201 Å². The summed E-state index contributed by atoms with van der Waals surface area (Å²) >= 11 is 1.36. The van der Waals surface area contributed by atoms with Crippen LogP contribution in [0.15, 0.2) is 71.6 Å². The molecule has 0 spiro atoms. The molecule has 0 heterocycles. The van der Waals surface area contributed by atoms with Crippen LogP contribution in [-0.2, 0) is 4.79 Å². The second-order valence-corrected chi connectivity index (χ2v) is 8.56. The van der Waals surface area contributed by atoms with E-state index in [-0.39, 0.29) is 17.4 Å². The van der Waals surface area contributed by atoms with Gasteiger partial charge in [-0.2, -0.15) is 0 Å². The molecule has 0 bridgehead atoms. The van der Waals surface area contributed by atoms with Gasteiger partial charge in [-0.15, -0.1) is 11.8 Å². The van der Waals surface area contributed by atoms with Gasteiger partial charge in [0.05, 0.1) is 25.0 Å². The van der Waals surface area contributed by atoms with Gasteiger partial charge in [0.25, 0.3) is 5.91 Å². The minimum atomic E-state index is -1.02. The third-order valence-electron chi connectivity index (χ3n) is 4.85. The second-order valence-electron chi connectivity index (χ2n) is 7.15. The predicted molar refractivity (Wildman–Crippen MR) is 131 cm³/mol. The maximum absolute atomic E-state index is 12.8. The molecule has 34 heavy (non-hydrogen) atoms. The van der Waals surface area contributed by atoms with Crippen LogP contribution in [0.5, 0.6) is 11.5 Å². The van der Waals surface area contributed by atoms with Crippen molar-refractivity contribution in [2.24, 2.45) is 0 Å². The van der Waals surface area contributed by atoms with Crippen LogP contribution in [0.25, 0.3) is 0 Å². The Morgan fingerprint density at radius 1 is 0.824 bits per heavy atom. The molecule has 8 nitrogen and oxygen atoms in total. The van der Waals surface area contributed by atoms with Crippen molar-refractivity contribution in [3.8, 4) is 11.5 Å². The highest BCUT2D eigenvalue weighted by molar-refractivity contribution is 8.00. The molecule has 0 aliphatic carbocycles. The van der Waals surface area contributed by atoms with E-state index in [9.17, 15) is 14.4 Å². The number of hydrogen-bond donors (Lipinski definition) is 3. The average Bonchev–Trinajstić information content (AvgIpc) is 2.84. The Morgan fingerprint density at radius 3 is 1.88 bits per heavy atom. The number of nitrogens with one attached hydrogen (secondary N) is 2. The molecular formula is C25H24N2O6S. The Bertz CT molecular complexity index is 1160. The zero-order chi connectivity index (χ0) is 24.7. The summed E-state index contributed by atoms with van der Waals surface area (Å²) in [6.07, 6.45) is 0. The average molecular weight is 481 g/mol. The summed E-state index contributed by atoms with van der Waals surface area (Å²) in [5, 5.41) is 14.2. The predicted octanol–water partition coefficient (Wildman–Crippen LogP) is 4.77. The van der Waals surface area contributed by atoms with Gasteiger partial charge in [-0.1, -0.05) is 6.07 Å². The number of ether oxygens (including phenoxy) is 2. The molecule has 3 aromatic rings. The lowest BCUT2D eigenvalue weighted by molar-refractivity contribution is -0.115. The summed E-state index contributed by atoms with van der Waals surface area (Å²) in [6.45, 7) is 1.77. The van der Waals surface area contributed by atoms with Crippen molar-refractivity contribution in [1.29, 1.82) is 0 Å². The number of anilines is 2. The van der Waals surface area contributed by atoms with Crippen LogP contribution in [0.1, 0.15) is 27.6 Å². The van der Waals surface area contributed by atoms with E-state index >= 15 is 0 Å². The van der Waals surface area contributed by atoms with Crippen molar-refractivity contribution in [1.82, 2.24) is 0 Å². The fourth-order valence-electron chi connectivity index (χ4n) is 3.08. The number of benzene rings is 3. The molecule has 3 rings (SSSR count). The second kappa shape index (κ2) is 11.2. The van der Waals surface area contributed by atoms with Crippen molar-refractivity contribution in [3.05, 3.63) is 77.9 Å². The number of carbonyl (C=O) groups excluding carboxylic acids is 2.